The van der Waals surface area contributed by atoms with Crippen molar-refractivity contribution in [1.29, 1.82) is 0 Å². The van der Waals surface area contributed by atoms with E-state index in [1.807, 2.05) is 0 Å². The zero-order valence-corrected chi connectivity index (χ0v) is 15.5. The average Bonchev–Trinajstić information content (AvgIpc) is 2.49. The number of carboxylic acid groups (broad SMARTS) is 2. The molecule has 0 fully saturated rings. The van der Waals surface area contributed by atoms with Crippen molar-refractivity contribution in [3.63, 3.8) is 0 Å². The minimum absolute atomic E-state index is 0. The Morgan fingerprint density at radius 1 is 0.875 bits per heavy atom. The van der Waals surface area contributed by atoms with Crippen molar-refractivity contribution < 1.29 is 48.3 Å². The van der Waals surface area contributed by atoms with Crippen molar-refractivity contribution in [3.05, 3.63) is 0 Å². The largest absolute Gasteiger partial charge is 1.00 e. The number of nitrogens with zero attached hydrogens (tertiary/aromatic N) is 1. The van der Waals surface area contributed by atoms with Crippen LogP contribution in [0.1, 0.15) is 71.1 Å². The molecule has 0 saturated heterocycles. The molecule has 0 aliphatic heterocycles. The van der Waals surface area contributed by atoms with Crippen LogP contribution in [0.4, 0.5) is 0 Å². The second kappa shape index (κ2) is 16.0. The molecule has 2 N–H and O–H groups in total. The van der Waals surface area contributed by atoms with E-state index in [2.05, 4.69) is 6.92 Å². The molecule has 1 atom stereocenters. The second-order valence-corrected chi connectivity index (χ2v) is 6.39. The Balaban J connectivity index is 0. The summed E-state index contributed by atoms with van der Waals surface area (Å²) in [4.78, 5) is 21.3. The van der Waals surface area contributed by atoms with Gasteiger partial charge in [-0.3, -0.25) is 4.79 Å². The minimum atomic E-state index is -1.08. The van der Waals surface area contributed by atoms with Gasteiger partial charge < -0.3 is 24.6 Å². The Kier molecular flexibility index (Phi) is 17.1. The molecule has 0 rings (SSSR count). The van der Waals surface area contributed by atoms with Gasteiger partial charge in [0.25, 0.3) is 0 Å². The van der Waals surface area contributed by atoms with E-state index in [0.29, 0.717) is 30.4 Å². The van der Waals surface area contributed by atoms with E-state index in [1.165, 1.54) is 25.7 Å². The van der Waals surface area contributed by atoms with Gasteiger partial charge in [0.05, 0.1) is 26.1 Å². The summed E-state index contributed by atoms with van der Waals surface area (Å²) in [5, 5.41) is 29.2. The van der Waals surface area contributed by atoms with Crippen LogP contribution in [0.5, 0.6) is 0 Å². The van der Waals surface area contributed by atoms with Crippen LogP contribution in [0.2, 0.25) is 0 Å². The summed E-state index contributed by atoms with van der Waals surface area (Å²) in [5.41, 5.74) is 0. The van der Waals surface area contributed by atoms with Gasteiger partial charge in [-0.25, -0.2) is 0 Å². The molecule has 0 bridgehead atoms. The van der Waals surface area contributed by atoms with Gasteiger partial charge in [0.15, 0.2) is 6.73 Å². The van der Waals surface area contributed by atoms with Gasteiger partial charge in [0.1, 0.15) is 0 Å². The molecule has 0 aromatic carbocycles. The van der Waals surface area contributed by atoms with Crippen LogP contribution in [0.3, 0.4) is 0 Å². The fourth-order valence-corrected chi connectivity index (χ4v) is 2.90. The molecule has 0 radical (unpaired) electrons. The van der Waals surface area contributed by atoms with Crippen LogP contribution in [0, 0.1) is 0 Å². The van der Waals surface area contributed by atoms with E-state index in [9.17, 15) is 19.8 Å². The third-order valence-electron chi connectivity index (χ3n) is 4.32. The third kappa shape index (κ3) is 13.9. The number of carbonyl (C=O) groups excluding carboxylic acids is 1. The quantitative estimate of drug-likeness (QED) is 0.155. The van der Waals surface area contributed by atoms with Gasteiger partial charge in [-0.05, 0) is 19.3 Å². The molecular weight excluding hydrogens is 305 g/mol. The normalized spacial score (nSPS) is 13.1. The van der Waals surface area contributed by atoms with Crippen LogP contribution in [-0.2, 0) is 9.59 Å². The van der Waals surface area contributed by atoms with E-state index in [1.54, 1.807) is 0 Å². The molecule has 0 saturated carbocycles. The molecule has 0 aromatic rings. The van der Waals surface area contributed by atoms with Crippen molar-refractivity contribution in [2.24, 2.45) is 0 Å². The molecular formula is C17H33LiNO5+. The third-order valence-corrected chi connectivity index (χ3v) is 4.32. The van der Waals surface area contributed by atoms with E-state index < -0.39 is 11.9 Å². The molecule has 0 amide bonds. The fraction of sp³-hybridized carbons (Fsp3) is 0.882. The van der Waals surface area contributed by atoms with Crippen molar-refractivity contribution in [3.8, 4) is 0 Å². The Hall–Kier alpha value is -0.543. The molecule has 6 nitrogen and oxygen atoms in total. The Labute approximate surface area is 158 Å². The number of rotatable bonds is 16. The zero-order valence-electron chi connectivity index (χ0n) is 15.5. The number of hydrogen-bond donors (Lipinski definition) is 2. The summed E-state index contributed by atoms with van der Waals surface area (Å²) in [6, 6.07) is 0. The smallest absolute Gasteiger partial charge is 0.550 e. The first-order chi connectivity index (χ1) is 11.0. The first-order valence-electron chi connectivity index (χ1n) is 8.83. The number of quaternary nitrogens is 1. The van der Waals surface area contributed by atoms with E-state index >= 15 is 0 Å². The zero-order chi connectivity index (χ0) is 17.6. The fourth-order valence-electron chi connectivity index (χ4n) is 2.90. The van der Waals surface area contributed by atoms with Gasteiger partial charge in [-0.2, -0.15) is 0 Å². The summed E-state index contributed by atoms with van der Waals surface area (Å²) in [6.45, 7) is 4.01. The van der Waals surface area contributed by atoms with E-state index in [-0.39, 0.29) is 38.4 Å². The van der Waals surface area contributed by atoms with E-state index in [0.717, 1.165) is 19.4 Å². The first-order valence-corrected chi connectivity index (χ1v) is 8.83. The number of unbranched alkanes of at least 4 members (excludes halogenated alkanes) is 5. The monoisotopic (exact) mass is 338 g/mol. The van der Waals surface area contributed by atoms with Gasteiger partial charge in [-0.15, -0.1) is 0 Å². The van der Waals surface area contributed by atoms with Crippen molar-refractivity contribution in [2.45, 2.75) is 71.1 Å². The number of hydrogen-bond acceptors (Lipinski definition) is 4. The number of carbonyl (C=O) groups is 2. The van der Waals surface area contributed by atoms with Crippen molar-refractivity contribution >= 4 is 11.9 Å². The Morgan fingerprint density at radius 3 is 1.88 bits per heavy atom. The van der Waals surface area contributed by atoms with Crippen molar-refractivity contribution in [2.75, 3.05) is 26.4 Å². The summed E-state index contributed by atoms with van der Waals surface area (Å²) in [5.74, 6) is -1.92. The van der Waals surface area contributed by atoms with Crippen LogP contribution in [0.15, 0.2) is 0 Å². The number of aliphatic hydroxyl groups excluding tert-OH is 1. The van der Waals surface area contributed by atoms with E-state index in [4.69, 9.17) is 5.11 Å². The van der Waals surface area contributed by atoms with Gasteiger partial charge >= 0.3 is 24.8 Å². The summed E-state index contributed by atoms with van der Waals surface area (Å²) in [6.07, 6.45) is 7.92. The molecule has 0 aliphatic rings. The maximum absolute atomic E-state index is 10.7. The predicted molar refractivity (Wildman–Crippen MR) is 86.4 cm³/mol. The Morgan fingerprint density at radius 2 is 1.38 bits per heavy atom. The minimum Gasteiger partial charge on any atom is -0.550 e. The molecule has 1 unspecified atom stereocenters. The van der Waals surface area contributed by atoms with Gasteiger partial charge in [-0.1, -0.05) is 32.6 Å². The van der Waals surface area contributed by atoms with Crippen LogP contribution in [-0.4, -0.2) is 53.0 Å². The van der Waals surface area contributed by atoms with Crippen LogP contribution in [0.25, 0.3) is 0 Å². The van der Waals surface area contributed by atoms with Gasteiger partial charge in [0, 0.05) is 18.8 Å². The molecule has 0 heterocycles. The molecule has 7 heteroatoms. The summed E-state index contributed by atoms with van der Waals surface area (Å²) < 4.78 is 0.397. The summed E-state index contributed by atoms with van der Waals surface area (Å²) in [7, 11) is 0. The Bertz CT molecular complexity index is 319. The van der Waals surface area contributed by atoms with Crippen LogP contribution >= 0.6 is 0 Å². The molecule has 0 spiro atoms. The molecule has 136 valence electrons. The van der Waals surface area contributed by atoms with Crippen LogP contribution < -0.4 is 24.0 Å². The topological polar surface area (TPSA) is 97.7 Å². The maximum Gasteiger partial charge on any atom is 1.00 e. The predicted octanol–water partition coefficient (Wildman–Crippen LogP) is -1.49. The van der Waals surface area contributed by atoms with Crippen molar-refractivity contribution in [1.82, 2.24) is 0 Å². The average molecular weight is 338 g/mol. The first kappa shape index (κ1) is 25.7. The standard InChI is InChI=1S/C17H33NO5.Li/c1-2-3-4-5-6-7-12-18(15-19,13-8-10-16(20)21)14-9-11-17(22)23;/h19H,2-15H2,1H3,(H-,20,21,22,23);/q;+1. The molecule has 24 heavy (non-hydrogen) atoms. The number of carboxylic acids is 2. The molecule has 0 aromatic heterocycles. The number of aliphatic hydroxyl groups is 1. The molecule has 0 aliphatic carbocycles. The van der Waals surface area contributed by atoms with Gasteiger partial charge in [0.2, 0.25) is 0 Å². The number of aliphatic carboxylic acids is 2. The SMILES string of the molecule is CCCCCCCC[N+](CO)(CCCC(=O)[O-])CCCC(=O)O.[Li+]. The second-order valence-electron chi connectivity index (χ2n) is 6.39. The maximum atomic E-state index is 10.7. The summed E-state index contributed by atoms with van der Waals surface area (Å²) >= 11 is 0.